The van der Waals surface area contributed by atoms with Crippen molar-refractivity contribution in [1.82, 2.24) is 41.1 Å². The van der Waals surface area contributed by atoms with Gasteiger partial charge in [0.1, 0.15) is 23.2 Å². The molecule has 0 bridgehead atoms. The number of carboxylic acids is 1. The lowest BCUT2D eigenvalue weighted by atomic mass is 10.0. The smallest absolute Gasteiger partial charge is 0.352 e. The van der Waals surface area contributed by atoms with Crippen LogP contribution in [0.2, 0.25) is 0 Å². The van der Waals surface area contributed by atoms with Gasteiger partial charge in [-0.2, -0.15) is 0 Å². The van der Waals surface area contributed by atoms with Crippen LogP contribution in [0.15, 0.2) is 46.8 Å². The second kappa shape index (κ2) is 12.3. The van der Waals surface area contributed by atoms with E-state index in [1.165, 1.54) is 33.1 Å². The minimum absolute atomic E-state index is 0.0834. The molecule has 4 amide bonds. The lowest BCUT2D eigenvalue weighted by Crippen LogP contribution is -2.71. The van der Waals surface area contributed by atoms with Gasteiger partial charge in [-0.05, 0) is 28.0 Å². The van der Waals surface area contributed by atoms with Crippen LogP contribution in [0.3, 0.4) is 0 Å². The number of β-lactam (4-membered cyclic amide) rings is 1. The van der Waals surface area contributed by atoms with Crippen molar-refractivity contribution in [2.24, 2.45) is 7.05 Å². The number of hydrogen-bond donors (Lipinski definition) is 4. The molecule has 2 aliphatic heterocycles. The van der Waals surface area contributed by atoms with Crippen molar-refractivity contribution in [2.45, 2.75) is 42.4 Å². The van der Waals surface area contributed by atoms with E-state index >= 15 is 0 Å². The second-order valence-corrected chi connectivity index (χ2v) is 10.7. The summed E-state index contributed by atoms with van der Waals surface area (Å²) in [5, 5.41) is 29.2. The van der Waals surface area contributed by atoms with Gasteiger partial charge in [0.15, 0.2) is 0 Å². The van der Waals surface area contributed by atoms with Crippen molar-refractivity contribution in [3.63, 3.8) is 0 Å². The molecule has 13 nitrogen and oxygen atoms in total. The van der Waals surface area contributed by atoms with Crippen LogP contribution in [0.1, 0.15) is 31.4 Å². The average Bonchev–Trinajstić information content (AvgIpc) is 3.33. The number of aromatic nitrogens is 4. The minimum atomic E-state index is -1.22. The molecule has 202 valence electrons. The normalized spacial score (nSPS) is 19.3. The first-order valence-corrected chi connectivity index (χ1v) is 14.0. The monoisotopic (exact) mass is 560 g/mol. The maximum absolute atomic E-state index is 13.3. The molecule has 38 heavy (non-hydrogen) atoms. The number of carbonyl (C=O) groups excluding carboxylic acids is 3. The molecule has 4 N–H and O–H groups in total. The maximum Gasteiger partial charge on any atom is 0.352 e. The number of carbonyl (C=O) groups is 4. The molecule has 0 aliphatic carbocycles. The van der Waals surface area contributed by atoms with Crippen molar-refractivity contribution < 1.29 is 24.3 Å². The van der Waals surface area contributed by atoms with Crippen LogP contribution < -0.4 is 16.0 Å². The Hall–Kier alpha value is -3.59. The third-order valence-electron chi connectivity index (χ3n) is 5.99. The number of rotatable bonds is 11. The first-order chi connectivity index (χ1) is 18.3. The van der Waals surface area contributed by atoms with Crippen LogP contribution in [0.5, 0.6) is 0 Å². The highest BCUT2D eigenvalue weighted by Crippen LogP contribution is 2.41. The molecule has 0 radical (unpaired) electrons. The number of urea groups is 1. The third-order valence-corrected chi connectivity index (χ3v) is 8.43. The largest absolute Gasteiger partial charge is 0.477 e. The van der Waals surface area contributed by atoms with Crippen molar-refractivity contribution in [3.8, 4) is 0 Å². The number of unbranched alkanes of at least 4 members (excludes halogenated alkanes) is 1. The molecule has 2 unspecified atom stereocenters. The summed E-state index contributed by atoms with van der Waals surface area (Å²) in [6, 6.07) is 6.27. The van der Waals surface area contributed by atoms with Gasteiger partial charge in [0.2, 0.25) is 11.1 Å². The fraction of sp³-hybridized carbons (Fsp3) is 0.435. The molecule has 2 aliphatic rings. The summed E-state index contributed by atoms with van der Waals surface area (Å²) in [7, 11) is 1.68. The molecule has 1 fully saturated rings. The standard InChI is InChI=1S/C23H28N8O5S2/c1-3-4-10-24-22(36)26-15(13-8-6-5-7-9-13)18(32)25-16-19(33)31-17(21(34)35)14(11-37-20(16)31)12-38-23-27-28-29-30(23)2/h5-9,15-16,20H,3-4,10-12H2,1-2H3,(H,25,32)(H,34,35)(H2,24,26,36)/t15?,16-,20?/m0/s1. The zero-order valence-electron chi connectivity index (χ0n) is 20.8. The van der Waals surface area contributed by atoms with E-state index < -0.39 is 41.3 Å². The molecule has 3 atom stereocenters. The summed E-state index contributed by atoms with van der Waals surface area (Å²) in [6.07, 6.45) is 1.71. The SMILES string of the molecule is CCCCNC(=O)NC(C(=O)N[C@H]1C(=O)N2C(C(=O)O)=C(CSc3nnnn3C)CSC12)c1ccccc1. The van der Waals surface area contributed by atoms with Gasteiger partial charge >= 0.3 is 12.0 Å². The Morgan fingerprint density at radius 1 is 1.26 bits per heavy atom. The molecule has 4 rings (SSSR count). The Bertz CT molecular complexity index is 1240. The Labute approximate surface area is 227 Å². The van der Waals surface area contributed by atoms with Crippen LogP contribution in [0, 0.1) is 0 Å². The highest BCUT2D eigenvalue weighted by molar-refractivity contribution is 8.01. The molecule has 3 heterocycles. The van der Waals surface area contributed by atoms with Gasteiger partial charge in [0.05, 0.1) is 0 Å². The number of amides is 4. The summed E-state index contributed by atoms with van der Waals surface area (Å²) >= 11 is 2.64. The molecule has 1 saturated heterocycles. The Morgan fingerprint density at radius 2 is 2.03 bits per heavy atom. The number of hydrogen-bond acceptors (Lipinski definition) is 9. The number of aliphatic carboxylic acids is 1. The van der Waals surface area contributed by atoms with E-state index in [1.807, 2.05) is 6.92 Å². The molecule has 15 heteroatoms. The second-order valence-electron chi connectivity index (χ2n) is 8.62. The third kappa shape index (κ3) is 5.93. The van der Waals surface area contributed by atoms with E-state index in [1.54, 1.807) is 37.4 Å². The molecule has 2 aromatic rings. The van der Waals surface area contributed by atoms with E-state index in [-0.39, 0.29) is 5.70 Å². The molecule has 0 spiro atoms. The zero-order valence-corrected chi connectivity index (χ0v) is 22.4. The number of aryl methyl sites for hydroxylation is 1. The quantitative estimate of drug-likeness (QED) is 0.176. The van der Waals surface area contributed by atoms with Crippen LogP contribution in [0.25, 0.3) is 0 Å². The van der Waals surface area contributed by atoms with Crippen molar-refractivity contribution in [3.05, 3.63) is 47.2 Å². The lowest BCUT2D eigenvalue weighted by Gasteiger charge is -2.49. The Kier molecular flexibility index (Phi) is 8.89. The average molecular weight is 561 g/mol. The summed E-state index contributed by atoms with van der Waals surface area (Å²) in [6.45, 7) is 2.47. The Morgan fingerprint density at radius 3 is 2.68 bits per heavy atom. The summed E-state index contributed by atoms with van der Waals surface area (Å²) in [5.74, 6) is -1.63. The van der Waals surface area contributed by atoms with Crippen LogP contribution in [0.4, 0.5) is 4.79 Å². The van der Waals surface area contributed by atoms with E-state index in [4.69, 9.17) is 0 Å². The molecule has 0 saturated carbocycles. The van der Waals surface area contributed by atoms with Gasteiger partial charge in [-0.3, -0.25) is 14.5 Å². The number of nitrogens with zero attached hydrogens (tertiary/aromatic N) is 5. The number of thioether (sulfide) groups is 2. The van der Waals surface area contributed by atoms with Crippen LogP contribution >= 0.6 is 23.5 Å². The number of tetrazole rings is 1. The van der Waals surface area contributed by atoms with Gasteiger partial charge in [-0.25, -0.2) is 14.3 Å². The number of carboxylic acid groups (broad SMARTS) is 1. The predicted octanol–water partition coefficient (Wildman–Crippen LogP) is 0.881. The molecule has 1 aromatic carbocycles. The van der Waals surface area contributed by atoms with E-state index in [0.717, 1.165) is 12.8 Å². The van der Waals surface area contributed by atoms with Gasteiger partial charge in [-0.1, -0.05) is 55.4 Å². The summed E-state index contributed by atoms with van der Waals surface area (Å²) in [5.41, 5.74) is 1.04. The topological polar surface area (TPSA) is 171 Å². The van der Waals surface area contributed by atoms with Crippen LogP contribution in [-0.2, 0) is 21.4 Å². The van der Waals surface area contributed by atoms with Crippen molar-refractivity contribution in [2.75, 3.05) is 18.1 Å². The number of benzene rings is 1. The van der Waals surface area contributed by atoms with Gasteiger partial charge in [0, 0.05) is 25.1 Å². The lowest BCUT2D eigenvalue weighted by molar-refractivity contribution is -0.151. The van der Waals surface area contributed by atoms with Gasteiger partial charge in [-0.15, -0.1) is 16.9 Å². The van der Waals surface area contributed by atoms with E-state index in [9.17, 15) is 24.3 Å². The highest BCUT2D eigenvalue weighted by atomic mass is 32.2. The number of fused-ring (bicyclic) bond motifs is 1. The molecular formula is C23H28N8O5S2. The predicted molar refractivity (Wildman–Crippen MR) is 140 cm³/mol. The fourth-order valence-electron chi connectivity index (χ4n) is 4.03. The van der Waals surface area contributed by atoms with Gasteiger partial charge < -0.3 is 21.1 Å². The van der Waals surface area contributed by atoms with Crippen molar-refractivity contribution in [1.29, 1.82) is 0 Å². The van der Waals surface area contributed by atoms with Crippen molar-refractivity contribution >= 4 is 47.3 Å². The first-order valence-electron chi connectivity index (χ1n) is 12.0. The maximum atomic E-state index is 13.3. The molecular weight excluding hydrogens is 532 g/mol. The summed E-state index contributed by atoms with van der Waals surface area (Å²) < 4.78 is 1.48. The molecule has 1 aromatic heterocycles. The number of nitrogens with one attached hydrogen (secondary N) is 3. The summed E-state index contributed by atoms with van der Waals surface area (Å²) in [4.78, 5) is 52.1. The van der Waals surface area contributed by atoms with Gasteiger partial charge in [0.25, 0.3) is 5.91 Å². The first kappa shape index (κ1) is 27.4. The zero-order chi connectivity index (χ0) is 27.2. The minimum Gasteiger partial charge on any atom is -0.477 e. The fourth-order valence-corrected chi connectivity index (χ4v) is 6.37. The van der Waals surface area contributed by atoms with E-state index in [0.29, 0.717) is 34.3 Å². The highest BCUT2D eigenvalue weighted by Gasteiger charge is 2.54. The Balaban J connectivity index is 1.46. The van der Waals surface area contributed by atoms with Crippen LogP contribution in [-0.4, -0.2) is 83.5 Å². The van der Waals surface area contributed by atoms with E-state index in [2.05, 4.69) is 31.5 Å².